The summed E-state index contributed by atoms with van der Waals surface area (Å²) in [6.07, 6.45) is 1.37. The molecule has 0 atom stereocenters. The monoisotopic (exact) mass is 419 g/mol. The van der Waals surface area contributed by atoms with Gasteiger partial charge in [-0.2, -0.15) is 5.26 Å². The summed E-state index contributed by atoms with van der Waals surface area (Å²) in [5.41, 5.74) is 1.69. The Bertz CT molecular complexity index is 1140. The molecule has 0 aliphatic carbocycles. The van der Waals surface area contributed by atoms with Crippen molar-refractivity contribution < 1.29 is 14.0 Å². The Kier molecular flexibility index (Phi) is 6.35. The zero-order chi connectivity index (χ0) is 21.7. The van der Waals surface area contributed by atoms with Gasteiger partial charge in [-0.3, -0.25) is 9.59 Å². The summed E-state index contributed by atoms with van der Waals surface area (Å²) >= 11 is 5.89. The van der Waals surface area contributed by atoms with Crippen molar-refractivity contribution in [3.8, 4) is 17.4 Å². The van der Waals surface area contributed by atoms with E-state index >= 15 is 0 Å². The first-order chi connectivity index (χ1) is 14.4. The molecule has 6 nitrogen and oxygen atoms in total. The van der Waals surface area contributed by atoms with Gasteiger partial charge in [0.2, 0.25) is 0 Å². The van der Waals surface area contributed by atoms with Crippen molar-refractivity contribution >= 4 is 35.2 Å². The number of carbonyl (C=O) groups excluding carboxylic acids is 2. The van der Waals surface area contributed by atoms with Crippen LogP contribution < -0.4 is 5.32 Å². The minimum Gasteiger partial charge on any atom is -0.457 e. The van der Waals surface area contributed by atoms with Gasteiger partial charge in [0.05, 0.1) is 0 Å². The molecule has 0 saturated carbocycles. The molecule has 3 rings (SSSR count). The highest BCUT2D eigenvalue weighted by atomic mass is 35.5. The molecule has 30 heavy (non-hydrogen) atoms. The molecule has 1 aromatic heterocycles. The van der Waals surface area contributed by atoms with Crippen molar-refractivity contribution in [3.05, 3.63) is 82.6 Å². The van der Waals surface area contributed by atoms with E-state index in [9.17, 15) is 14.9 Å². The molecule has 0 unspecified atom stereocenters. The zero-order valence-electron chi connectivity index (χ0n) is 16.3. The van der Waals surface area contributed by atoms with Gasteiger partial charge in [-0.1, -0.05) is 11.6 Å². The molecule has 0 aliphatic rings. The largest absolute Gasteiger partial charge is 0.457 e. The van der Waals surface area contributed by atoms with E-state index in [1.165, 1.54) is 11.0 Å². The Morgan fingerprint density at radius 3 is 2.30 bits per heavy atom. The number of nitrogens with zero attached hydrogens (tertiary/aromatic N) is 2. The molecule has 1 heterocycles. The van der Waals surface area contributed by atoms with Crippen molar-refractivity contribution in [3.63, 3.8) is 0 Å². The van der Waals surface area contributed by atoms with E-state index in [1.54, 1.807) is 62.6 Å². The van der Waals surface area contributed by atoms with Crippen LogP contribution in [0.25, 0.3) is 17.4 Å². The van der Waals surface area contributed by atoms with E-state index in [4.69, 9.17) is 16.0 Å². The summed E-state index contributed by atoms with van der Waals surface area (Å²) in [7, 11) is 3.32. The lowest BCUT2D eigenvalue weighted by atomic mass is 10.1. The normalized spacial score (nSPS) is 10.9. The number of nitrogens with one attached hydrogen (secondary N) is 1. The lowest BCUT2D eigenvalue weighted by molar-refractivity contribution is -0.112. The molecule has 2 aromatic carbocycles. The summed E-state index contributed by atoms with van der Waals surface area (Å²) in [5, 5.41) is 12.6. The van der Waals surface area contributed by atoms with Crippen molar-refractivity contribution in [1.82, 2.24) is 4.90 Å². The fraction of sp³-hybridized carbons (Fsp3) is 0.0870. The summed E-state index contributed by atoms with van der Waals surface area (Å²) in [5.74, 6) is 0.253. The maximum atomic E-state index is 12.5. The van der Waals surface area contributed by atoms with Crippen molar-refractivity contribution in [2.24, 2.45) is 0 Å². The van der Waals surface area contributed by atoms with Crippen LogP contribution in [0.4, 0.5) is 5.69 Å². The number of carbonyl (C=O) groups is 2. The first-order valence-electron chi connectivity index (χ1n) is 8.98. The summed E-state index contributed by atoms with van der Waals surface area (Å²) in [6, 6.07) is 18.9. The zero-order valence-corrected chi connectivity index (χ0v) is 17.1. The summed E-state index contributed by atoms with van der Waals surface area (Å²) in [6.45, 7) is 0. The fourth-order valence-corrected chi connectivity index (χ4v) is 2.77. The highest BCUT2D eigenvalue weighted by Crippen LogP contribution is 2.25. The van der Waals surface area contributed by atoms with E-state index in [0.29, 0.717) is 27.8 Å². The second-order valence-electron chi connectivity index (χ2n) is 6.61. The second-order valence-corrected chi connectivity index (χ2v) is 7.05. The molecule has 2 amide bonds. The van der Waals surface area contributed by atoms with Crippen LogP contribution in [0.1, 0.15) is 16.1 Å². The van der Waals surface area contributed by atoms with E-state index in [2.05, 4.69) is 5.32 Å². The summed E-state index contributed by atoms with van der Waals surface area (Å²) in [4.78, 5) is 25.8. The standard InChI is InChI=1S/C23H18ClN3O3/c1-27(2)23(29)16-5-9-19(10-6-16)26-22(28)17(14-25)13-20-11-12-21(30-20)15-3-7-18(24)8-4-15/h3-13H,1-2H3,(H,26,28)/b17-13+. The maximum Gasteiger partial charge on any atom is 0.266 e. The third kappa shape index (κ3) is 4.96. The number of furan rings is 1. The average molecular weight is 420 g/mol. The van der Waals surface area contributed by atoms with Crippen LogP contribution >= 0.6 is 11.6 Å². The molecule has 0 bridgehead atoms. The van der Waals surface area contributed by atoms with Crippen LogP contribution in [-0.2, 0) is 4.79 Å². The van der Waals surface area contributed by atoms with E-state index in [-0.39, 0.29) is 11.5 Å². The van der Waals surface area contributed by atoms with Crippen molar-refractivity contribution in [2.75, 3.05) is 19.4 Å². The SMILES string of the molecule is CN(C)C(=O)c1ccc(NC(=O)/C(C#N)=C/c2ccc(-c3ccc(Cl)cc3)o2)cc1. The smallest absolute Gasteiger partial charge is 0.266 e. The summed E-state index contributed by atoms with van der Waals surface area (Å²) < 4.78 is 5.71. The molecule has 0 saturated heterocycles. The third-order valence-corrected chi connectivity index (χ3v) is 4.46. The molecule has 150 valence electrons. The Hall–Kier alpha value is -3.82. The Morgan fingerprint density at radius 1 is 1.03 bits per heavy atom. The molecule has 0 spiro atoms. The van der Waals surface area contributed by atoms with Gasteiger partial charge in [0.15, 0.2) is 0 Å². The molecule has 7 heteroatoms. The van der Waals surface area contributed by atoms with Crippen molar-refractivity contribution in [1.29, 1.82) is 5.26 Å². The molecular formula is C23H18ClN3O3. The molecule has 1 N–H and O–H groups in total. The third-order valence-electron chi connectivity index (χ3n) is 4.20. The molecule has 0 radical (unpaired) electrons. The van der Waals surface area contributed by atoms with Gasteiger partial charge in [-0.15, -0.1) is 0 Å². The van der Waals surface area contributed by atoms with Gasteiger partial charge < -0.3 is 14.6 Å². The van der Waals surface area contributed by atoms with E-state index < -0.39 is 5.91 Å². The number of hydrogen-bond donors (Lipinski definition) is 1. The predicted molar refractivity (Wildman–Crippen MR) is 116 cm³/mol. The van der Waals surface area contributed by atoms with Crippen molar-refractivity contribution in [2.45, 2.75) is 0 Å². The highest BCUT2D eigenvalue weighted by Gasteiger charge is 2.13. The van der Waals surface area contributed by atoms with Gasteiger partial charge in [0, 0.05) is 42.0 Å². The van der Waals surface area contributed by atoms with Crippen LogP contribution in [0.2, 0.25) is 5.02 Å². The number of amides is 2. The topological polar surface area (TPSA) is 86.3 Å². The lowest BCUT2D eigenvalue weighted by Crippen LogP contribution is -2.21. The lowest BCUT2D eigenvalue weighted by Gasteiger charge is -2.10. The number of rotatable bonds is 5. The first kappa shape index (κ1) is 20.9. The second kappa shape index (κ2) is 9.12. The predicted octanol–water partition coefficient (Wildman–Crippen LogP) is 4.85. The van der Waals surface area contributed by atoms with Gasteiger partial charge >= 0.3 is 0 Å². The Labute approximate surface area is 179 Å². The van der Waals surface area contributed by atoms with Crippen LogP contribution in [0.5, 0.6) is 0 Å². The Morgan fingerprint density at radius 2 is 1.70 bits per heavy atom. The number of anilines is 1. The molecule has 0 aliphatic heterocycles. The number of benzene rings is 2. The molecule has 0 fully saturated rings. The molecule has 3 aromatic rings. The number of hydrogen-bond acceptors (Lipinski definition) is 4. The van der Waals surface area contributed by atoms with Crippen LogP contribution in [0.3, 0.4) is 0 Å². The molecular weight excluding hydrogens is 402 g/mol. The highest BCUT2D eigenvalue weighted by molar-refractivity contribution is 6.30. The minimum atomic E-state index is -0.575. The number of nitriles is 1. The van der Waals surface area contributed by atoms with Crippen LogP contribution in [-0.4, -0.2) is 30.8 Å². The minimum absolute atomic E-state index is 0.111. The van der Waals surface area contributed by atoms with E-state index in [1.807, 2.05) is 18.2 Å². The first-order valence-corrected chi connectivity index (χ1v) is 9.36. The average Bonchev–Trinajstić information content (AvgIpc) is 3.21. The van der Waals surface area contributed by atoms with Gasteiger partial charge in [0.1, 0.15) is 23.2 Å². The quantitative estimate of drug-likeness (QED) is 0.473. The van der Waals surface area contributed by atoms with Crippen LogP contribution in [0.15, 0.2) is 70.7 Å². The van der Waals surface area contributed by atoms with Crippen LogP contribution in [0, 0.1) is 11.3 Å². The van der Waals surface area contributed by atoms with E-state index in [0.717, 1.165) is 5.56 Å². The van der Waals surface area contributed by atoms with Gasteiger partial charge in [-0.25, -0.2) is 0 Å². The Balaban J connectivity index is 1.73. The fourth-order valence-electron chi connectivity index (χ4n) is 2.64. The maximum absolute atomic E-state index is 12.5. The number of halogens is 1. The van der Waals surface area contributed by atoms with Gasteiger partial charge in [0.25, 0.3) is 11.8 Å². The van der Waals surface area contributed by atoms with Gasteiger partial charge in [-0.05, 0) is 60.7 Å².